The molecule has 1 unspecified atom stereocenters. The zero-order chi connectivity index (χ0) is 11.5. The van der Waals surface area contributed by atoms with Crippen LogP contribution in [0, 0.1) is 0 Å². The Labute approximate surface area is 98.1 Å². The minimum Gasteiger partial charge on any atom is -0.388 e. The smallest absolute Gasteiger partial charge is 0.182 e. The molecule has 3 N–H and O–H groups in total. The van der Waals surface area contributed by atoms with E-state index in [1.807, 2.05) is 0 Å². The molecule has 0 aromatic rings. The summed E-state index contributed by atoms with van der Waals surface area (Å²) in [7, 11) is 1.54. The van der Waals surface area contributed by atoms with Crippen LogP contribution in [-0.4, -0.2) is 49.8 Å². The van der Waals surface area contributed by atoms with Gasteiger partial charge in [-0.3, -0.25) is 4.99 Å². The van der Waals surface area contributed by atoms with E-state index in [-0.39, 0.29) is 6.61 Å². The number of nitrogens with one attached hydrogen (secondary N) is 2. The number of halogens is 1. The quantitative estimate of drug-likeness (QED) is 0.580. The van der Waals surface area contributed by atoms with Crippen molar-refractivity contribution in [2.75, 3.05) is 26.8 Å². The highest BCUT2D eigenvalue weighted by Crippen LogP contribution is 2.20. The maximum atomic E-state index is 9.00. The molecule has 1 atom stereocenters. The number of aliphatic hydroxyl groups is 1. The molecule has 7 heteroatoms. The number of hydrogen-bond acceptors (Lipinski definition) is 6. The second-order valence-corrected chi connectivity index (χ2v) is 3.71. The normalized spacial score (nSPS) is 24.8. The van der Waals surface area contributed by atoms with Gasteiger partial charge in [0.05, 0.1) is 12.1 Å². The predicted molar refractivity (Wildman–Crippen MR) is 61.6 cm³/mol. The topological polar surface area (TPSA) is 78.2 Å². The number of rotatable bonds is 3. The fourth-order valence-corrected chi connectivity index (χ4v) is 1.88. The molecular formula is C9H13ClN4O2. The number of ether oxygens (including phenoxy) is 1. The van der Waals surface area contributed by atoms with Crippen molar-refractivity contribution in [3.8, 4) is 0 Å². The van der Waals surface area contributed by atoms with Crippen molar-refractivity contribution in [1.29, 1.82) is 0 Å². The fraction of sp³-hybridized carbons (Fsp3) is 0.556. The van der Waals surface area contributed by atoms with Crippen LogP contribution in [0.3, 0.4) is 0 Å². The van der Waals surface area contributed by atoms with Crippen LogP contribution in [0.4, 0.5) is 0 Å². The average molecular weight is 245 g/mol. The maximum absolute atomic E-state index is 9.00. The molecule has 0 bridgehead atoms. The number of methoxy groups -OCH3 is 1. The molecule has 6 nitrogen and oxygen atoms in total. The van der Waals surface area contributed by atoms with Crippen LogP contribution in [0.15, 0.2) is 20.7 Å². The summed E-state index contributed by atoms with van der Waals surface area (Å²) in [5, 5.41) is 15.3. The molecule has 0 amide bonds. The number of aliphatic hydroxyl groups excluding tert-OH is 1. The van der Waals surface area contributed by atoms with Crippen molar-refractivity contribution in [3.05, 3.63) is 10.7 Å². The summed E-state index contributed by atoms with van der Waals surface area (Å²) >= 11 is 6.09. The van der Waals surface area contributed by atoms with Crippen molar-refractivity contribution >= 4 is 23.3 Å². The number of amidine groups is 2. The molecule has 2 aliphatic heterocycles. The van der Waals surface area contributed by atoms with E-state index in [1.165, 1.54) is 7.11 Å². The summed E-state index contributed by atoms with van der Waals surface area (Å²) in [5.74, 6) is 1.09. The molecule has 0 fully saturated rings. The van der Waals surface area contributed by atoms with Crippen molar-refractivity contribution < 1.29 is 9.84 Å². The molecule has 2 heterocycles. The van der Waals surface area contributed by atoms with Gasteiger partial charge < -0.3 is 20.5 Å². The first kappa shape index (κ1) is 11.4. The van der Waals surface area contributed by atoms with E-state index in [9.17, 15) is 0 Å². The molecular weight excluding hydrogens is 232 g/mol. The Bertz CT molecular complexity index is 378. The van der Waals surface area contributed by atoms with E-state index in [4.69, 9.17) is 21.4 Å². The molecule has 2 aliphatic rings. The van der Waals surface area contributed by atoms with Gasteiger partial charge in [0.25, 0.3) is 0 Å². The lowest BCUT2D eigenvalue weighted by Crippen LogP contribution is -2.38. The average Bonchev–Trinajstić information content (AvgIpc) is 2.81. The second-order valence-electron chi connectivity index (χ2n) is 3.33. The van der Waals surface area contributed by atoms with Gasteiger partial charge in [-0.05, 0) is 0 Å². The largest absolute Gasteiger partial charge is 0.388 e. The van der Waals surface area contributed by atoms with Gasteiger partial charge in [-0.15, -0.1) is 0 Å². The van der Waals surface area contributed by atoms with Crippen molar-refractivity contribution in [3.63, 3.8) is 0 Å². The SMILES string of the molecule is COC1N=C(CO)NC(Cl)=C1C1=NCCN1. The third-order valence-corrected chi connectivity index (χ3v) is 2.61. The Hall–Kier alpha value is -1.11. The van der Waals surface area contributed by atoms with E-state index in [0.29, 0.717) is 22.4 Å². The molecule has 0 aromatic carbocycles. The van der Waals surface area contributed by atoms with Crippen LogP contribution in [0.25, 0.3) is 0 Å². The van der Waals surface area contributed by atoms with E-state index in [2.05, 4.69) is 20.6 Å². The van der Waals surface area contributed by atoms with E-state index in [0.717, 1.165) is 13.1 Å². The summed E-state index contributed by atoms with van der Waals surface area (Å²) in [6.45, 7) is 1.30. The molecule has 0 saturated heterocycles. The minimum atomic E-state index is -0.528. The first-order valence-electron chi connectivity index (χ1n) is 4.92. The lowest BCUT2D eigenvalue weighted by atomic mass is 10.2. The second kappa shape index (κ2) is 4.82. The molecule has 2 rings (SSSR count). The van der Waals surface area contributed by atoms with Crippen LogP contribution >= 0.6 is 11.6 Å². The molecule has 0 aliphatic carbocycles. The minimum absolute atomic E-state index is 0.205. The Morgan fingerprint density at radius 1 is 1.62 bits per heavy atom. The lowest BCUT2D eigenvalue weighted by Gasteiger charge is -2.23. The molecule has 0 aromatic heterocycles. The van der Waals surface area contributed by atoms with E-state index < -0.39 is 6.23 Å². The summed E-state index contributed by atoms with van der Waals surface area (Å²) in [4.78, 5) is 8.44. The van der Waals surface area contributed by atoms with Gasteiger partial charge in [-0.2, -0.15) is 0 Å². The Kier molecular flexibility index (Phi) is 3.42. The third-order valence-electron chi connectivity index (χ3n) is 2.31. The lowest BCUT2D eigenvalue weighted by molar-refractivity contribution is 0.140. The Morgan fingerprint density at radius 2 is 2.44 bits per heavy atom. The zero-order valence-corrected chi connectivity index (χ0v) is 9.58. The monoisotopic (exact) mass is 244 g/mol. The maximum Gasteiger partial charge on any atom is 0.182 e. The molecule has 0 spiro atoms. The highest BCUT2D eigenvalue weighted by Gasteiger charge is 2.28. The third kappa shape index (κ3) is 2.04. The standard InChI is InChI=1S/C9H13ClN4O2/c1-16-9-6(8-11-2-3-12-8)7(10)13-5(4-15)14-9/h9,15H,2-4H2,1H3,(H,11,12)(H,13,14). The van der Waals surface area contributed by atoms with Crippen LogP contribution in [0.5, 0.6) is 0 Å². The highest BCUT2D eigenvalue weighted by molar-refractivity contribution is 6.33. The number of aliphatic imine (C=N–C) groups is 2. The van der Waals surface area contributed by atoms with Crippen molar-refractivity contribution in [1.82, 2.24) is 10.6 Å². The van der Waals surface area contributed by atoms with Crippen LogP contribution in [0.1, 0.15) is 0 Å². The van der Waals surface area contributed by atoms with Crippen LogP contribution < -0.4 is 10.6 Å². The first-order chi connectivity index (χ1) is 7.76. The van der Waals surface area contributed by atoms with Gasteiger partial charge in [-0.1, -0.05) is 11.6 Å². The van der Waals surface area contributed by atoms with Crippen LogP contribution in [-0.2, 0) is 4.74 Å². The summed E-state index contributed by atoms with van der Waals surface area (Å²) < 4.78 is 5.22. The Balaban J connectivity index is 2.28. The summed E-state index contributed by atoms with van der Waals surface area (Å²) in [6.07, 6.45) is -0.528. The Morgan fingerprint density at radius 3 is 3.00 bits per heavy atom. The van der Waals surface area contributed by atoms with Gasteiger partial charge in [0.1, 0.15) is 23.4 Å². The molecule has 16 heavy (non-hydrogen) atoms. The van der Waals surface area contributed by atoms with Crippen molar-refractivity contribution in [2.45, 2.75) is 6.23 Å². The highest BCUT2D eigenvalue weighted by atomic mass is 35.5. The number of nitrogens with zero attached hydrogens (tertiary/aromatic N) is 2. The summed E-state index contributed by atoms with van der Waals surface area (Å²) in [5.41, 5.74) is 0.680. The molecule has 0 saturated carbocycles. The van der Waals surface area contributed by atoms with Crippen molar-refractivity contribution in [2.24, 2.45) is 9.98 Å². The zero-order valence-electron chi connectivity index (χ0n) is 8.83. The van der Waals surface area contributed by atoms with E-state index in [1.54, 1.807) is 0 Å². The number of hydrogen-bond donors (Lipinski definition) is 3. The fourth-order valence-electron chi connectivity index (χ4n) is 1.59. The summed E-state index contributed by atoms with van der Waals surface area (Å²) in [6, 6.07) is 0. The molecule has 88 valence electrons. The van der Waals surface area contributed by atoms with Gasteiger partial charge in [0.15, 0.2) is 6.23 Å². The van der Waals surface area contributed by atoms with Gasteiger partial charge in [0, 0.05) is 13.7 Å². The van der Waals surface area contributed by atoms with Gasteiger partial charge in [-0.25, -0.2) is 4.99 Å². The molecule has 0 radical (unpaired) electrons. The van der Waals surface area contributed by atoms with Gasteiger partial charge in [0.2, 0.25) is 0 Å². The predicted octanol–water partition coefficient (Wildman–Crippen LogP) is -0.595. The van der Waals surface area contributed by atoms with E-state index >= 15 is 0 Å². The van der Waals surface area contributed by atoms with Crippen LogP contribution in [0.2, 0.25) is 0 Å². The van der Waals surface area contributed by atoms with Gasteiger partial charge >= 0.3 is 0 Å². The first-order valence-corrected chi connectivity index (χ1v) is 5.29.